The molecule has 1 saturated heterocycles. The van der Waals surface area contributed by atoms with Crippen molar-refractivity contribution >= 4 is 5.91 Å². The molecule has 1 aliphatic rings. The first kappa shape index (κ1) is 14.3. The summed E-state index contributed by atoms with van der Waals surface area (Å²) in [5.74, 6) is 6.10. The van der Waals surface area contributed by atoms with Crippen LogP contribution < -0.4 is 0 Å². The van der Waals surface area contributed by atoms with Gasteiger partial charge in [-0.2, -0.15) is 4.98 Å². The molecular formula is C17H17N3O2. The number of nitrogens with zero attached hydrogens (tertiary/aromatic N) is 3. The maximum absolute atomic E-state index is 12.0. The summed E-state index contributed by atoms with van der Waals surface area (Å²) in [6, 6.07) is 7.72. The van der Waals surface area contributed by atoms with E-state index in [4.69, 9.17) is 4.52 Å². The molecule has 1 amide bonds. The molecule has 2 heterocycles. The van der Waals surface area contributed by atoms with Crippen LogP contribution in [0.3, 0.4) is 0 Å². The number of benzene rings is 1. The summed E-state index contributed by atoms with van der Waals surface area (Å²) >= 11 is 0. The largest absolute Gasteiger partial charge is 0.337 e. The van der Waals surface area contributed by atoms with E-state index in [1.54, 1.807) is 11.8 Å². The van der Waals surface area contributed by atoms with Crippen molar-refractivity contribution in [3.05, 3.63) is 35.7 Å². The van der Waals surface area contributed by atoms with Crippen LogP contribution in [0.2, 0.25) is 0 Å². The third-order valence-corrected chi connectivity index (χ3v) is 3.86. The van der Waals surface area contributed by atoms with Crippen LogP contribution >= 0.6 is 0 Å². The predicted octanol–water partition coefficient (Wildman–Crippen LogP) is 2.73. The van der Waals surface area contributed by atoms with E-state index in [-0.39, 0.29) is 11.9 Å². The third-order valence-electron chi connectivity index (χ3n) is 3.86. The highest BCUT2D eigenvalue weighted by atomic mass is 16.5. The Morgan fingerprint density at radius 3 is 3.00 bits per heavy atom. The molecule has 112 valence electrons. The summed E-state index contributed by atoms with van der Waals surface area (Å²) in [7, 11) is 0. The Balaban J connectivity index is 1.88. The lowest BCUT2D eigenvalue weighted by atomic mass is 10.1. The number of rotatable bonds is 2. The fourth-order valence-corrected chi connectivity index (χ4v) is 2.75. The molecule has 1 aromatic carbocycles. The van der Waals surface area contributed by atoms with E-state index >= 15 is 0 Å². The van der Waals surface area contributed by atoms with Crippen molar-refractivity contribution in [1.82, 2.24) is 15.0 Å². The Bertz CT molecular complexity index is 755. The SMILES string of the molecule is CC#CC(=O)N1CCCC1c1nc(-c2ccccc2C)no1. The standard InChI is InChI=1S/C17H17N3O2/c1-3-7-15(21)20-11-6-10-14(20)17-18-16(19-22-17)13-9-5-4-8-12(13)2/h4-5,8-9,14H,6,10-11H2,1-2H3. The van der Waals surface area contributed by atoms with Crippen LogP contribution in [0.15, 0.2) is 28.8 Å². The summed E-state index contributed by atoms with van der Waals surface area (Å²) in [6.45, 7) is 4.35. The molecular weight excluding hydrogens is 278 g/mol. The first-order valence-electron chi connectivity index (χ1n) is 7.33. The molecule has 0 spiro atoms. The lowest BCUT2D eigenvalue weighted by molar-refractivity contribution is -0.126. The van der Waals surface area contributed by atoms with Gasteiger partial charge in [-0.3, -0.25) is 4.79 Å². The van der Waals surface area contributed by atoms with Crippen molar-refractivity contribution in [3.63, 3.8) is 0 Å². The average molecular weight is 295 g/mol. The highest BCUT2D eigenvalue weighted by molar-refractivity contribution is 5.93. The number of hydrogen-bond acceptors (Lipinski definition) is 4. The van der Waals surface area contributed by atoms with E-state index in [2.05, 4.69) is 22.0 Å². The minimum Gasteiger partial charge on any atom is -0.337 e. The molecule has 2 aromatic rings. The van der Waals surface area contributed by atoms with Gasteiger partial charge in [-0.05, 0) is 38.2 Å². The van der Waals surface area contributed by atoms with E-state index in [0.29, 0.717) is 18.3 Å². The molecule has 0 aliphatic carbocycles. The quantitative estimate of drug-likeness (QED) is 0.799. The average Bonchev–Trinajstić information content (AvgIpc) is 3.17. The first-order valence-corrected chi connectivity index (χ1v) is 7.33. The molecule has 1 aromatic heterocycles. The minimum absolute atomic E-state index is 0.168. The van der Waals surface area contributed by atoms with Gasteiger partial charge in [-0.1, -0.05) is 35.3 Å². The van der Waals surface area contributed by atoms with Crippen molar-refractivity contribution in [2.24, 2.45) is 0 Å². The lowest BCUT2D eigenvalue weighted by Gasteiger charge is -2.18. The minimum atomic E-state index is -0.180. The second-order valence-corrected chi connectivity index (χ2v) is 5.30. The number of aryl methyl sites for hydroxylation is 1. The fraction of sp³-hybridized carbons (Fsp3) is 0.353. The van der Waals surface area contributed by atoms with Gasteiger partial charge in [0.15, 0.2) is 0 Å². The molecule has 5 heteroatoms. The molecule has 1 fully saturated rings. The fourth-order valence-electron chi connectivity index (χ4n) is 2.75. The second kappa shape index (κ2) is 6.02. The van der Waals surface area contributed by atoms with Gasteiger partial charge in [-0.15, -0.1) is 0 Å². The molecule has 1 aliphatic heterocycles. The maximum atomic E-state index is 12.0. The summed E-state index contributed by atoms with van der Waals surface area (Å²) in [6.07, 6.45) is 1.75. The number of carbonyl (C=O) groups excluding carboxylic acids is 1. The van der Waals surface area contributed by atoms with Crippen molar-refractivity contribution in [2.75, 3.05) is 6.54 Å². The Morgan fingerprint density at radius 2 is 2.23 bits per heavy atom. The number of carbonyl (C=O) groups is 1. The van der Waals surface area contributed by atoms with E-state index in [9.17, 15) is 4.79 Å². The van der Waals surface area contributed by atoms with Gasteiger partial charge in [0.2, 0.25) is 11.7 Å². The number of likely N-dealkylation sites (tertiary alicyclic amines) is 1. The second-order valence-electron chi connectivity index (χ2n) is 5.30. The topological polar surface area (TPSA) is 59.2 Å². The maximum Gasteiger partial charge on any atom is 0.299 e. The molecule has 0 N–H and O–H groups in total. The number of amides is 1. The molecule has 1 unspecified atom stereocenters. The highest BCUT2D eigenvalue weighted by Gasteiger charge is 2.33. The van der Waals surface area contributed by atoms with Crippen LogP contribution in [0.5, 0.6) is 0 Å². The van der Waals surface area contributed by atoms with Crippen LogP contribution in [-0.4, -0.2) is 27.5 Å². The number of aromatic nitrogens is 2. The zero-order chi connectivity index (χ0) is 15.5. The summed E-state index contributed by atoms with van der Waals surface area (Å²) in [5, 5.41) is 4.07. The number of hydrogen-bond donors (Lipinski definition) is 0. The normalized spacial score (nSPS) is 17.2. The Labute approximate surface area is 129 Å². The molecule has 22 heavy (non-hydrogen) atoms. The zero-order valence-electron chi connectivity index (χ0n) is 12.7. The molecule has 0 radical (unpaired) electrons. The molecule has 0 saturated carbocycles. The third kappa shape index (κ3) is 2.60. The van der Waals surface area contributed by atoms with Gasteiger partial charge < -0.3 is 9.42 Å². The zero-order valence-corrected chi connectivity index (χ0v) is 12.7. The van der Waals surface area contributed by atoms with Gasteiger partial charge in [0.05, 0.1) is 0 Å². The summed E-state index contributed by atoms with van der Waals surface area (Å²) in [4.78, 5) is 18.2. The summed E-state index contributed by atoms with van der Waals surface area (Å²) < 4.78 is 5.41. The van der Waals surface area contributed by atoms with Gasteiger partial charge in [0.1, 0.15) is 6.04 Å². The van der Waals surface area contributed by atoms with Crippen molar-refractivity contribution in [3.8, 4) is 23.2 Å². The predicted molar refractivity (Wildman–Crippen MR) is 81.6 cm³/mol. The van der Waals surface area contributed by atoms with E-state index in [0.717, 1.165) is 24.0 Å². The van der Waals surface area contributed by atoms with E-state index in [1.807, 2.05) is 31.2 Å². The van der Waals surface area contributed by atoms with E-state index in [1.165, 1.54) is 0 Å². The Hall–Kier alpha value is -2.61. The van der Waals surface area contributed by atoms with Crippen molar-refractivity contribution in [2.45, 2.75) is 32.7 Å². The molecule has 0 bridgehead atoms. The highest BCUT2D eigenvalue weighted by Crippen LogP contribution is 2.32. The molecule has 3 rings (SSSR count). The van der Waals surface area contributed by atoms with Crippen LogP contribution in [0.4, 0.5) is 0 Å². The molecule has 1 atom stereocenters. The summed E-state index contributed by atoms with van der Waals surface area (Å²) in [5.41, 5.74) is 2.03. The van der Waals surface area contributed by atoms with Crippen LogP contribution in [0.1, 0.15) is 37.3 Å². The van der Waals surface area contributed by atoms with Crippen LogP contribution in [-0.2, 0) is 4.79 Å². The van der Waals surface area contributed by atoms with Gasteiger partial charge in [0, 0.05) is 12.1 Å². The van der Waals surface area contributed by atoms with Gasteiger partial charge in [-0.25, -0.2) is 0 Å². The Morgan fingerprint density at radius 1 is 1.41 bits per heavy atom. The van der Waals surface area contributed by atoms with Gasteiger partial charge >= 0.3 is 0 Å². The van der Waals surface area contributed by atoms with Crippen molar-refractivity contribution in [1.29, 1.82) is 0 Å². The monoisotopic (exact) mass is 295 g/mol. The lowest BCUT2D eigenvalue weighted by Crippen LogP contribution is -2.29. The smallest absolute Gasteiger partial charge is 0.299 e. The molecule has 5 nitrogen and oxygen atoms in total. The Kier molecular flexibility index (Phi) is 3.92. The van der Waals surface area contributed by atoms with Crippen LogP contribution in [0.25, 0.3) is 11.4 Å². The van der Waals surface area contributed by atoms with Crippen LogP contribution in [0, 0.1) is 18.8 Å². The van der Waals surface area contributed by atoms with Gasteiger partial charge in [0.25, 0.3) is 5.91 Å². The first-order chi connectivity index (χ1) is 10.7. The van der Waals surface area contributed by atoms with E-state index < -0.39 is 0 Å². The van der Waals surface area contributed by atoms with Crippen molar-refractivity contribution < 1.29 is 9.32 Å².